The van der Waals surface area contributed by atoms with Gasteiger partial charge >= 0.3 is 5.97 Å². The third kappa shape index (κ3) is 3.01. The van der Waals surface area contributed by atoms with Gasteiger partial charge in [0.15, 0.2) is 0 Å². The molecule has 2 aliphatic rings. The van der Waals surface area contributed by atoms with Gasteiger partial charge in [0.2, 0.25) is 0 Å². The van der Waals surface area contributed by atoms with Crippen molar-refractivity contribution in [2.45, 2.75) is 38.5 Å². The average Bonchev–Trinajstić information content (AvgIpc) is 3.02. The lowest BCUT2D eigenvalue weighted by molar-refractivity contribution is -0.142. The van der Waals surface area contributed by atoms with Crippen molar-refractivity contribution in [3.8, 4) is 0 Å². The number of fused-ring (bicyclic) bond motifs is 2. The van der Waals surface area contributed by atoms with E-state index in [0.29, 0.717) is 17.4 Å². The standard InChI is InChI=1S/C17H21ClO2/c18-16-5-2-11(3-6-16)7-15(17(19)20)10-14-9-12-1-4-13(14)8-12/h2-3,5-6,12-15H,1,4,7-10H2,(H,19,20). The summed E-state index contributed by atoms with van der Waals surface area (Å²) in [6.45, 7) is 0. The molecule has 1 aromatic carbocycles. The minimum absolute atomic E-state index is 0.250. The third-order valence-electron chi connectivity index (χ3n) is 5.22. The molecule has 4 atom stereocenters. The quantitative estimate of drug-likeness (QED) is 0.873. The SMILES string of the molecule is O=C(O)C(Cc1ccc(Cl)cc1)CC1CC2CCC1C2. The lowest BCUT2D eigenvalue weighted by atomic mass is 9.80. The molecule has 0 spiro atoms. The third-order valence-corrected chi connectivity index (χ3v) is 5.47. The van der Waals surface area contributed by atoms with E-state index in [1.165, 1.54) is 25.7 Å². The molecule has 0 radical (unpaired) electrons. The molecule has 3 rings (SSSR count). The summed E-state index contributed by atoms with van der Waals surface area (Å²) in [5.74, 6) is 1.42. The Morgan fingerprint density at radius 1 is 1.25 bits per heavy atom. The molecule has 0 heterocycles. The van der Waals surface area contributed by atoms with Crippen LogP contribution < -0.4 is 0 Å². The summed E-state index contributed by atoms with van der Waals surface area (Å²) in [5.41, 5.74) is 1.07. The molecule has 2 bridgehead atoms. The van der Waals surface area contributed by atoms with Crippen molar-refractivity contribution in [1.29, 1.82) is 0 Å². The number of benzene rings is 1. The Labute approximate surface area is 125 Å². The first kappa shape index (κ1) is 13.9. The summed E-state index contributed by atoms with van der Waals surface area (Å²) in [6, 6.07) is 7.57. The summed E-state index contributed by atoms with van der Waals surface area (Å²) in [5, 5.41) is 10.2. The van der Waals surface area contributed by atoms with Gasteiger partial charge in [0.1, 0.15) is 0 Å². The number of carboxylic acid groups (broad SMARTS) is 1. The Hall–Kier alpha value is -1.02. The highest BCUT2D eigenvalue weighted by Crippen LogP contribution is 2.50. The molecule has 1 aromatic rings. The maximum Gasteiger partial charge on any atom is 0.306 e. The van der Waals surface area contributed by atoms with Crippen LogP contribution in [0.2, 0.25) is 5.02 Å². The van der Waals surface area contributed by atoms with Crippen LogP contribution in [0.4, 0.5) is 0 Å². The predicted octanol–water partition coefficient (Wildman–Crippen LogP) is 4.41. The van der Waals surface area contributed by atoms with Gasteiger partial charge in [-0.2, -0.15) is 0 Å². The molecule has 108 valence electrons. The molecular formula is C17H21ClO2. The van der Waals surface area contributed by atoms with Gasteiger partial charge < -0.3 is 5.11 Å². The highest BCUT2D eigenvalue weighted by atomic mass is 35.5. The minimum atomic E-state index is -0.650. The van der Waals surface area contributed by atoms with Gasteiger partial charge in [-0.1, -0.05) is 30.2 Å². The van der Waals surface area contributed by atoms with Crippen molar-refractivity contribution < 1.29 is 9.90 Å². The Morgan fingerprint density at radius 2 is 2.00 bits per heavy atom. The predicted molar refractivity (Wildman–Crippen MR) is 79.8 cm³/mol. The molecule has 2 saturated carbocycles. The number of hydrogen-bond donors (Lipinski definition) is 1. The normalized spacial score (nSPS) is 29.6. The molecule has 0 aliphatic heterocycles. The van der Waals surface area contributed by atoms with Gasteiger partial charge in [-0.3, -0.25) is 4.79 Å². The summed E-state index contributed by atoms with van der Waals surface area (Å²) < 4.78 is 0. The van der Waals surface area contributed by atoms with Crippen LogP contribution in [0.25, 0.3) is 0 Å². The number of aliphatic carboxylic acids is 1. The smallest absolute Gasteiger partial charge is 0.306 e. The van der Waals surface area contributed by atoms with Crippen molar-refractivity contribution in [3.63, 3.8) is 0 Å². The summed E-state index contributed by atoms with van der Waals surface area (Å²) in [7, 11) is 0. The maximum atomic E-state index is 11.5. The van der Waals surface area contributed by atoms with Crippen LogP contribution in [-0.4, -0.2) is 11.1 Å². The number of rotatable bonds is 5. The van der Waals surface area contributed by atoms with E-state index < -0.39 is 5.97 Å². The largest absolute Gasteiger partial charge is 0.481 e. The second-order valence-electron chi connectivity index (χ2n) is 6.54. The molecule has 1 N–H and O–H groups in total. The molecule has 0 amide bonds. The lowest BCUT2D eigenvalue weighted by Gasteiger charge is -2.24. The number of hydrogen-bond acceptors (Lipinski definition) is 1. The molecule has 3 heteroatoms. The molecular weight excluding hydrogens is 272 g/mol. The van der Waals surface area contributed by atoms with E-state index in [4.69, 9.17) is 11.6 Å². The molecule has 0 aromatic heterocycles. The Balaban J connectivity index is 1.64. The minimum Gasteiger partial charge on any atom is -0.481 e. The summed E-state index contributed by atoms with van der Waals surface area (Å²) in [4.78, 5) is 11.5. The van der Waals surface area contributed by atoms with Crippen LogP contribution in [0.5, 0.6) is 0 Å². The number of carbonyl (C=O) groups is 1. The van der Waals surface area contributed by atoms with E-state index in [1.807, 2.05) is 24.3 Å². The summed E-state index contributed by atoms with van der Waals surface area (Å²) >= 11 is 5.87. The second kappa shape index (κ2) is 5.77. The second-order valence-corrected chi connectivity index (χ2v) is 6.97. The van der Waals surface area contributed by atoms with E-state index in [1.54, 1.807) is 0 Å². The van der Waals surface area contributed by atoms with Crippen molar-refractivity contribution >= 4 is 17.6 Å². The Kier molecular flexibility index (Phi) is 4.02. The first-order chi connectivity index (χ1) is 9.61. The maximum absolute atomic E-state index is 11.5. The average molecular weight is 293 g/mol. The first-order valence-electron chi connectivity index (χ1n) is 7.59. The van der Waals surface area contributed by atoms with Crippen molar-refractivity contribution in [1.82, 2.24) is 0 Å². The van der Waals surface area contributed by atoms with E-state index in [0.717, 1.165) is 23.8 Å². The van der Waals surface area contributed by atoms with Crippen molar-refractivity contribution in [2.24, 2.45) is 23.7 Å². The van der Waals surface area contributed by atoms with Crippen LogP contribution in [0.15, 0.2) is 24.3 Å². The summed E-state index contributed by atoms with van der Waals surface area (Å²) in [6.07, 6.45) is 6.77. The van der Waals surface area contributed by atoms with Gasteiger partial charge in [0.25, 0.3) is 0 Å². The first-order valence-corrected chi connectivity index (χ1v) is 7.97. The van der Waals surface area contributed by atoms with Gasteiger partial charge in [-0.15, -0.1) is 0 Å². The zero-order chi connectivity index (χ0) is 14.1. The molecule has 2 nitrogen and oxygen atoms in total. The number of halogens is 1. The molecule has 4 unspecified atom stereocenters. The Morgan fingerprint density at radius 3 is 2.55 bits per heavy atom. The monoisotopic (exact) mass is 292 g/mol. The molecule has 2 aliphatic carbocycles. The van der Waals surface area contributed by atoms with E-state index >= 15 is 0 Å². The Bertz CT molecular complexity index is 482. The fourth-order valence-electron chi connectivity index (χ4n) is 4.21. The van der Waals surface area contributed by atoms with Crippen LogP contribution in [0.3, 0.4) is 0 Å². The van der Waals surface area contributed by atoms with Crippen LogP contribution in [0.1, 0.15) is 37.7 Å². The zero-order valence-corrected chi connectivity index (χ0v) is 12.4. The van der Waals surface area contributed by atoms with Gasteiger partial charge in [-0.25, -0.2) is 0 Å². The fraction of sp³-hybridized carbons (Fsp3) is 0.588. The molecule has 20 heavy (non-hydrogen) atoms. The van der Waals surface area contributed by atoms with E-state index in [2.05, 4.69) is 0 Å². The van der Waals surface area contributed by atoms with Gasteiger partial charge in [0, 0.05) is 5.02 Å². The topological polar surface area (TPSA) is 37.3 Å². The highest BCUT2D eigenvalue weighted by molar-refractivity contribution is 6.30. The van der Waals surface area contributed by atoms with Gasteiger partial charge in [-0.05, 0) is 67.6 Å². The molecule has 0 saturated heterocycles. The van der Waals surface area contributed by atoms with E-state index in [-0.39, 0.29) is 5.92 Å². The van der Waals surface area contributed by atoms with Crippen molar-refractivity contribution in [3.05, 3.63) is 34.9 Å². The highest BCUT2D eigenvalue weighted by Gasteiger charge is 2.40. The fourth-order valence-corrected chi connectivity index (χ4v) is 4.33. The van der Waals surface area contributed by atoms with E-state index in [9.17, 15) is 9.90 Å². The van der Waals surface area contributed by atoms with Crippen LogP contribution in [-0.2, 0) is 11.2 Å². The van der Waals surface area contributed by atoms with Gasteiger partial charge in [0.05, 0.1) is 5.92 Å². The lowest BCUT2D eigenvalue weighted by Crippen LogP contribution is -2.23. The van der Waals surface area contributed by atoms with Crippen LogP contribution in [0, 0.1) is 23.7 Å². The number of carboxylic acids is 1. The van der Waals surface area contributed by atoms with Crippen molar-refractivity contribution in [2.75, 3.05) is 0 Å². The zero-order valence-electron chi connectivity index (χ0n) is 11.6. The molecule has 2 fully saturated rings. The van der Waals surface area contributed by atoms with Crippen LogP contribution >= 0.6 is 11.6 Å².